The maximum Gasteiger partial charge on any atom is 0.240 e. The first-order valence-corrected chi connectivity index (χ1v) is 6.11. The molecule has 1 heterocycles. The van der Waals surface area contributed by atoms with Crippen molar-refractivity contribution in [2.75, 3.05) is 12.8 Å². The van der Waals surface area contributed by atoms with Crippen molar-refractivity contribution < 1.29 is 8.42 Å². The molecule has 1 aromatic carbocycles. The van der Waals surface area contributed by atoms with Crippen LogP contribution >= 0.6 is 0 Å². The first kappa shape index (κ1) is 10.8. The van der Waals surface area contributed by atoms with Crippen LogP contribution in [0.3, 0.4) is 0 Å². The van der Waals surface area contributed by atoms with Crippen LogP contribution in [0.4, 0.5) is 5.69 Å². The molecule has 2 aromatic rings. The number of sulfonamides is 1. The third-order valence-corrected chi connectivity index (χ3v) is 3.79. The molecule has 0 spiro atoms. The molecule has 84 valence electrons. The summed E-state index contributed by atoms with van der Waals surface area (Å²) in [7, 11) is -2.12. The molecule has 0 amide bonds. The average Bonchev–Trinajstić information content (AvgIpc) is 2.29. The van der Waals surface area contributed by atoms with Crippen LogP contribution in [0, 0.1) is 0 Å². The number of anilines is 1. The number of nitrogens with zero attached hydrogens (tertiary/aromatic N) is 1. The van der Waals surface area contributed by atoms with Crippen LogP contribution in [0.1, 0.15) is 0 Å². The third-order valence-electron chi connectivity index (χ3n) is 2.32. The van der Waals surface area contributed by atoms with E-state index >= 15 is 0 Å². The second-order valence-electron chi connectivity index (χ2n) is 3.26. The van der Waals surface area contributed by atoms with Crippen molar-refractivity contribution >= 4 is 26.6 Å². The number of fused-ring (bicyclic) bond motifs is 1. The van der Waals surface area contributed by atoms with Crippen LogP contribution in [-0.4, -0.2) is 20.4 Å². The summed E-state index contributed by atoms with van der Waals surface area (Å²) in [5.41, 5.74) is 6.69. The van der Waals surface area contributed by atoms with E-state index in [-0.39, 0.29) is 4.90 Å². The van der Waals surface area contributed by atoms with Crippen molar-refractivity contribution in [3.8, 4) is 0 Å². The van der Waals surface area contributed by atoms with Gasteiger partial charge in [-0.1, -0.05) is 0 Å². The number of aromatic nitrogens is 1. The largest absolute Gasteiger partial charge is 0.397 e. The molecule has 0 bridgehead atoms. The predicted molar refractivity (Wildman–Crippen MR) is 62.4 cm³/mol. The molecule has 2 rings (SSSR count). The Labute approximate surface area is 93.3 Å². The van der Waals surface area contributed by atoms with Crippen molar-refractivity contribution in [1.29, 1.82) is 0 Å². The Bertz CT molecular complexity index is 638. The van der Waals surface area contributed by atoms with Crippen molar-refractivity contribution in [3.05, 3.63) is 30.5 Å². The number of hydrogen-bond acceptors (Lipinski definition) is 4. The van der Waals surface area contributed by atoms with Crippen molar-refractivity contribution in [2.45, 2.75) is 4.90 Å². The van der Waals surface area contributed by atoms with E-state index < -0.39 is 10.0 Å². The molecule has 6 heteroatoms. The molecule has 0 fully saturated rings. The lowest BCUT2D eigenvalue weighted by atomic mass is 10.2. The molecule has 0 saturated carbocycles. The summed E-state index contributed by atoms with van der Waals surface area (Å²) in [4.78, 5) is 4.26. The second kappa shape index (κ2) is 3.73. The maximum atomic E-state index is 11.7. The Kier molecular flexibility index (Phi) is 2.53. The molecular weight excluding hydrogens is 226 g/mol. The van der Waals surface area contributed by atoms with E-state index in [1.807, 2.05) is 0 Å². The summed E-state index contributed by atoms with van der Waals surface area (Å²) in [6, 6.07) is 6.38. The molecule has 0 unspecified atom stereocenters. The monoisotopic (exact) mass is 237 g/mol. The summed E-state index contributed by atoms with van der Waals surface area (Å²) in [5, 5.41) is 0.525. The number of rotatable bonds is 2. The zero-order valence-electron chi connectivity index (χ0n) is 8.64. The third kappa shape index (κ3) is 1.62. The quantitative estimate of drug-likeness (QED) is 0.754. The van der Waals surface area contributed by atoms with Crippen LogP contribution in [0.15, 0.2) is 35.4 Å². The molecule has 1 aromatic heterocycles. The van der Waals surface area contributed by atoms with Crippen molar-refractivity contribution in [2.24, 2.45) is 0 Å². The van der Waals surface area contributed by atoms with Crippen LogP contribution < -0.4 is 10.5 Å². The van der Waals surface area contributed by atoms with Gasteiger partial charge in [0.15, 0.2) is 0 Å². The molecular formula is C10H11N3O2S. The van der Waals surface area contributed by atoms with Crippen LogP contribution in [0.25, 0.3) is 10.9 Å². The lowest BCUT2D eigenvalue weighted by Gasteiger charge is -2.07. The van der Waals surface area contributed by atoms with E-state index in [0.29, 0.717) is 16.6 Å². The summed E-state index contributed by atoms with van der Waals surface area (Å²) in [6.45, 7) is 0. The van der Waals surface area contributed by atoms with Gasteiger partial charge in [0.25, 0.3) is 0 Å². The zero-order chi connectivity index (χ0) is 11.8. The van der Waals surface area contributed by atoms with Gasteiger partial charge < -0.3 is 5.73 Å². The molecule has 0 aliphatic carbocycles. The average molecular weight is 237 g/mol. The van der Waals surface area contributed by atoms with E-state index in [4.69, 9.17) is 5.73 Å². The summed E-state index contributed by atoms with van der Waals surface area (Å²) in [5.74, 6) is 0. The molecule has 0 aliphatic heterocycles. The van der Waals surface area contributed by atoms with Gasteiger partial charge in [-0.15, -0.1) is 0 Å². The molecule has 0 saturated heterocycles. The van der Waals surface area contributed by atoms with Crippen LogP contribution in [0.2, 0.25) is 0 Å². The highest BCUT2D eigenvalue weighted by Gasteiger charge is 2.16. The van der Waals surface area contributed by atoms with Crippen LogP contribution in [0.5, 0.6) is 0 Å². The SMILES string of the molecule is CNS(=O)(=O)c1ccc(N)c2ncccc12. The zero-order valence-corrected chi connectivity index (χ0v) is 9.45. The second-order valence-corrected chi connectivity index (χ2v) is 5.12. The highest BCUT2D eigenvalue weighted by atomic mass is 32.2. The fourth-order valence-electron chi connectivity index (χ4n) is 1.51. The fourth-order valence-corrected chi connectivity index (χ4v) is 2.43. The van der Waals surface area contributed by atoms with Crippen LogP contribution in [-0.2, 0) is 10.0 Å². The number of hydrogen-bond donors (Lipinski definition) is 2. The van der Waals surface area contributed by atoms with Gasteiger partial charge in [-0.05, 0) is 31.3 Å². The lowest BCUT2D eigenvalue weighted by Crippen LogP contribution is -2.19. The lowest BCUT2D eigenvalue weighted by molar-refractivity contribution is 0.589. The Morgan fingerprint density at radius 2 is 2.06 bits per heavy atom. The molecule has 5 nitrogen and oxygen atoms in total. The Morgan fingerprint density at radius 3 is 2.75 bits per heavy atom. The molecule has 0 radical (unpaired) electrons. The fraction of sp³-hybridized carbons (Fsp3) is 0.100. The predicted octanol–water partition coefficient (Wildman–Crippen LogP) is 0.725. The van der Waals surface area contributed by atoms with Gasteiger partial charge in [-0.3, -0.25) is 4.98 Å². The Balaban J connectivity index is 2.88. The van der Waals surface area contributed by atoms with Gasteiger partial charge in [0.1, 0.15) is 0 Å². The molecule has 16 heavy (non-hydrogen) atoms. The van der Waals surface area contributed by atoms with E-state index in [1.54, 1.807) is 24.4 Å². The highest BCUT2D eigenvalue weighted by molar-refractivity contribution is 7.89. The number of pyridine rings is 1. The number of nitrogen functional groups attached to an aromatic ring is 1. The van der Waals surface area contributed by atoms with E-state index in [1.165, 1.54) is 13.1 Å². The first-order valence-electron chi connectivity index (χ1n) is 4.63. The number of nitrogens with two attached hydrogens (primary N) is 1. The van der Waals surface area contributed by atoms with Gasteiger partial charge >= 0.3 is 0 Å². The highest BCUT2D eigenvalue weighted by Crippen LogP contribution is 2.25. The molecule has 0 aliphatic rings. The Hall–Kier alpha value is -1.66. The number of benzene rings is 1. The standard InChI is InChI=1S/C10H11N3O2S/c1-12-16(14,15)9-5-4-8(11)10-7(9)3-2-6-13-10/h2-6,12H,11H2,1H3. The Morgan fingerprint density at radius 1 is 1.31 bits per heavy atom. The van der Waals surface area contributed by atoms with E-state index in [0.717, 1.165) is 0 Å². The topological polar surface area (TPSA) is 85.1 Å². The van der Waals surface area contributed by atoms with Gasteiger partial charge in [-0.2, -0.15) is 0 Å². The number of nitrogens with one attached hydrogen (secondary N) is 1. The summed E-state index contributed by atoms with van der Waals surface area (Å²) in [6.07, 6.45) is 1.58. The van der Waals surface area contributed by atoms with Gasteiger partial charge in [-0.25, -0.2) is 13.1 Å². The van der Waals surface area contributed by atoms with E-state index in [9.17, 15) is 8.42 Å². The first-order chi connectivity index (χ1) is 7.56. The minimum absolute atomic E-state index is 0.187. The van der Waals surface area contributed by atoms with Gasteiger partial charge in [0.2, 0.25) is 10.0 Å². The van der Waals surface area contributed by atoms with Crippen molar-refractivity contribution in [3.63, 3.8) is 0 Å². The van der Waals surface area contributed by atoms with Gasteiger partial charge in [0.05, 0.1) is 16.1 Å². The minimum atomic E-state index is -3.49. The van der Waals surface area contributed by atoms with Gasteiger partial charge in [0, 0.05) is 11.6 Å². The minimum Gasteiger partial charge on any atom is -0.397 e. The molecule has 0 atom stereocenters. The summed E-state index contributed by atoms with van der Waals surface area (Å²) >= 11 is 0. The maximum absolute atomic E-state index is 11.7. The normalized spacial score (nSPS) is 11.8. The van der Waals surface area contributed by atoms with Crippen molar-refractivity contribution in [1.82, 2.24) is 9.71 Å². The smallest absolute Gasteiger partial charge is 0.240 e. The molecule has 3 N–H and O–H groups in total. The summed E-state index contributed by atoms with van der Waals surface area (Å²) < 4.78 is 25.8. The van der Waals surface area contributed by atoms with E-state index in [2.05, 4.69) is 9.71 Å².